The Kier molecular flexibility index (Phi) is 3.03. The summed E-state index contributed by atoms with van der Waals surface area (Å²) < 4.78 is 2.65. The number of nitrogens with zero attached hydrogens (tertiary/aromatic N) is 3. The molecule has 2 aromatic heterocycles. The fourth-order valence-corrected chi connectivity index (χ4v) is 2.26. The van der Waals surface area contributed by atoms with Crippen molar-refractivity contribution in [2.75, 3.05) is 0 Å². The van der Waals surface area contributed by atoms with Crippen molar-refractivity contribution >= 4 is 27.4 Å². The van der Waals surface area contributed by atoms with Crippen LogP contribution in [0.4, 0.5) is 0 Å². The highest BCUT2D eigenvalue weighted by molar-refractivity contribution is 9.10. The molecule has 0 N–H and O–H groups in total. The molecule has 0 amide bonds. The first-order chi connectivity index (χ1) is 7.93. The van der Waals surface area contributed by atoms with Crippen molar-refractivity contribution in [1.82, 2.24) is 14.6 Å². The van der Waals surface area contributed by atoms with Gasteiger partial charge in [-0.1, -0.05) is 13.8 Å². The molecule has 0 radical (unpaired) electrons. The van der Waals surface area contributed by atoms with Crippen LogP contribution in [0.2, 0.25) is 0 Å². The third-order valence-corrected chi connectivity index (χ3v) is 3.64. The summed E-state index contributed by atoms with van der Waals surface area (Å²) in [7, 11) is 0. The maximum absolute atomic E-state index is 11.6. The van der Waals surface area contributed by atoms with E-state index in [-0.39, 0.29) is 11.7 Å². The van der Waals surface area contributed by atoms with Gasteiger partial charge in [0.2, 0.25) is 0 Å². The van der Waals surface area contributed by atoms with E-state index in [2.05, 4.69) is 26.0 Å². The smallest absolute Gasteiger partial charge is 0.169 e. The van der Waals surface area contributed by atoms with Gasteiger partial charge in [0, 0.05) is 6.20 Å². The maximum Gasteiger partial charge on any atom is 0.169 e. The number of halogens is 1. The zero-order valence-electron chi connectivity index (χ0n) is 10.3. The lowest BCUT2D eigenvalue weighted by Gasteiger charge is -2.11. The molecule has 2 heterocycles. The van der Waals surface area contributed by atoms with Gasteiger partial charge in [-0.3, -0.25) is 4.79 Å². The molecule has 0 aromatic carbocycles. The van der Waals surface area contributed by atoms with Gasteiger partial charge < -0.3 is 0 Å². The first-order valence-electron chi connectivity index (χ1n) is 5.48. The lowest BCUT2D eigenvalue weighted by Crippen LogP contribution is -2.10. The van der Waals surface area contributed by atoms with Crippen molar-refractivity contribution in [1.29, 1.82) is 0 Å². The quantitative estimate of drug-likeness (QED) is 0.800. The number of Topliss-reactive ketones (excluding diaryl/α,β-unsaturated/α-hetero) is 1. The molecule has 5 heteroatoms. The molecule has 0 bridgehead atoms. The molecule has 0 aliphatic heterocycles. The van der Waals surface area contributed by atoms with Gasteiger partial charge >= 0.3 is 0 Å². The lowest BCUT2D eigenvalue weighted by molar-refractivity contribution is 0.101. The van der Waals surface area contributed by atoms with E-state index in [0.29, 0.717) is 5.56 Å². The topological polar surface area (TPSA) is 47.3 Å². The molecule has 0 saturated carbocycles. The van der Waals surface area contributed by atoms with Crippen molar-refractivity contribution in [2.24, 2.45) is 0 Å². The Morgan fingerprint density at radius 2 is 2.12 bits per heavy atom. The molecule has 0 saturated heterocycles. The molecule has 0 aliphatic carbocycles. The molecule has 90 valence electrons. The van der Waals surface area contributed by atoms with Crippen LogP contribution in [-0.2, 0) is 0 Å². The minimum Gasteiger partial charge on any atom is -0.294 e. The molecule has 0 spiro atoms. The third kappa shape index (κ3) is 1.88. The minimum absolute atomic E-state index is 0.0207. The molecule has 0 fully saturated rings. The molecule has 17 heavy (non-hydrogen) atoms. The van der Waals surface area contributed by atoms with Crippen molar-refractivity contribution < 1.29 is 4.79 Å². The molecule has 0 atom stereocenters. The number of ketones is 1. The lowest BCUT2D eigenvalue weighted by atomic mass is 10.0. The fourth-order valence-electron chi connectivity index (χ4n) is 1.91. The second kappa shape index (κ2) is 4.22. The van der Waals surface area contributed by atoms with Crippen molar-refractivity contribution in [2.45, 2.75) is 33.6 Å². The standard InChI is InChI=1S/C12H14BrN3O/c1-6(2)11-9(8(4)17)5-14-12-10(13)7(3)15-16(11)12/h5-6H,1-4H3. The maximum atomic E-state index is 11.6. The van der Waals surface area contributed by atoms with E-state index in [0.717, 1.165) is 21.5 Å². The van der Waals surface area contributed by atoms with Crippen LogP contribution in [-0.4, -0.2) is 20.4 Å². The third-order valence-electron chi connectivity index (χ3n) is 2.71. The Balaban J connectivity index is 2.89. The number of aryl methyl sites for hydroxylation is 1. The summed E-state index contributed by atoms with van der Waals surface area (Å²) in [6, 6.07) is 0. The monoisotopic (exact) mass is 295 g/mol. The van der Waals surface area contributed by atoms with E-state index in [1.165, 1.54) is 0 Å². The van der Waals surface area contributed by atoms with E-state index in [1.807, 2.05) is 20.8 Å². The number of hydrogen-bond acceptors (Lipinski definition) is 3. The molecule has 4 nitrogen and oxygen atoms in total. The second-order valence-corrected chi connectivity index (χ2v) is 5.20. The van der Waals surface area contributed by atoms with Crippen LogP contribution in [0.3, 0.4) is 0 Å². The van der Waals surface area contributed by atoms with Crippen LogP contribution in [0.15, 0.2) is 10.7 Å². The Morgan fingerprint density at radius 3 is 2.65 bits per heavy atom. The van der Waals surface area contributed by atoms with Crippen LogP contribution in [0.25, 0.3) is 5.65 Å². The molecular formula is C12H14BrN3O. The molecule has 0 unspecified atom stereocenters. The molecule has 2 rings (SSSR count). The van der Waals surface area contributed by atoms with E-state index in [4.69, 9.17) is 0 Å². The zero-order valence-corrected chi connectivity index (χ0v) is 11.9. The highest BCUT2D eigenvalue weighted by Crippen LogP contribution is 2.26. The summed E-state index contributed by atoms with van der Waals surface area (Å²) in [6.45, 7) is 7.56. The van der Waals surface area contributed by atoms with Gasteiger partial charge in [0.25, 0.3) is 0 Å². The van der Waals surface area contributed by atoms with Gasteiger partial charge in [-0.15, -0.1) is 0 Å². The summed E-state index contributed by atoms with van der Waals surface area (Å²) in [5, 5.41) is 4.43. The predicted octanol–water partition coefficient (Wildman–Crippen LogP) is 3.13. The Morgan fingerprint density at radius 1 is 1.47 bits per heavy atom. The first-order valence-corrected chi connectivity index (χ1v) is 6.27. The summed E-state index contributed by atoms with van der Waals surface area (Å²) in [5.41, 5.74) is 3.19. The number of hydrogen-bond donors (Lipinski definition) is 0. The van der Waals surface area contributed by atoms with E-state index in [1.54, 1.807) is 17.6 Å². The Hall–Kier alpha value is -1.23. The summed E-state index contributed by atoms with van der Waals surface area (Å²) in [5.74, 6) is 0.234. The van der Waals surface area contributed by atoms with Crippen molar-refractivity contribution in [3.8, 4) is 0 Å². The summed E-state index contributed by atoms with van der Waals surface area (Å²) in [4.78, 5) is 15.9. The van der Waals surface area contributed by atoms with Crippen LogP contribution < -0.4 is 0 Å². The van der Waals surface area contributed by atoms with E-state index < -0.39 is 0 Å². The minimum atomic E-state index is 0.0207. The number of rotatable bonds is 2. The normalized spacial score (nSPS) is 11.4. The van der Waals surface area contributed by atoms with Gasteiger partial charge in [0.15, 0.2) is 11.4 Å². The van der Waals surface area contributed by atoms with Crippen molar-refractivity contribution in [3.63, 3.8) is 0 Å². The highest BCUT2D eigenvalue weighted by Gasteiger charge is 2.18. The summed E-state index contributed by atoms with van der Waals surface area (Å²) in [6.07, 6.45) is 1.64. The molecular weight excluding hydrogens is 282 g/mol. The average molecular weight is 296 g/mol. The summed E-state index contributed by atoms with van der Waals surface area (Å²) >= 11 is 3.46. The van der Waals surface area contributed by atoms with Gasteiger partial charge in [0.1, 0.15) is 0 Å². The SMILES string of the molecule is CC(=O)c1cnc2c(Br)c(C)nn2c1C(C)C. The average Bonchev–Trinajstić information content (AvgIpc) is 2.53. The van der Waals surface area contributed by atoms with Crippen LogP contribution in [0.1, 0.15) is 48.4 Å². The van der Waals surface area contributed by atoms with Gasteiger partial charge in [-0.05, 0) is 35.7 Å². The van der Waals surface area contributed by atoms with Crippen molar-refractivity contribution in [3.05, 3.63) is 27.6 Å². The highest BCUT2D eigenvalue weighted by atomic mass is 79.9. The van der Waals surface area contributed by atoms with Crippen LogP contribution in [0.5, 0.6) is 0 Å². The van der Waals surface area contributed by atoms with E-state index >= 15 is 0 Å². The second-order valence-electron chi connectivity index (χ2n) is 4.40. The number of aromatic nitrogens is 3. The van der Waals surface area contributed by atoms with Gasteiger partial charge in [0.05, 0.1) is 21.4 Å². The van der Waals surface area contributed by atoms with Crippen LogP contribution >= 0.6 is 15.9 Å². The Bertz CT molecular complexity index is 601. The van der Waals surface area contributed by atoms with E-state index in [9.17, 15) is 4.79 Å². The largest absolute Gasteiger partial charge is 0.294 e. The number of carbonyl (C=O) groups is 1. The van der Waals surface area contributed by atoms with Crippen LogP contribution in [0, 0.1) is 6.92 Å². The predicted molar refractivity (Wildman–Crippen MR) is 69.5 cm³/mol. The Labute approximate surface area is 108 Å². The number of fused-ring (bicyclic) bond motifs is 1. The zero-order chi connectivity index (χ0) is 12.7. The molecule has 2 aromatic rings. The fraction of sp³-hybridized carbons (Fsp3) is 0.417. The molecule has 0 aliphatic rings. The number of carbonyl (C=O) groups excluding carboxylic acids is 1. The van der Waals surface area contributed by atoms with Gasteiger partial charge in [-0.25, -0.2) is 9.50 Å². The first kappa shape index (κ1) is 12.2. The van der Waals surface area contributed by atoms with Gasteiger partial charge in [-0.2, -0.15) is 5.10 Å².